The molecule has 3 rings (SSSR count). The van der Waals surface area contributed by atoms with Gasteiger partial charge in [0.2, 0.25) is 11.9 Å². The van der Waals surface area contributed by atoms with Crippen LogP contribution in [0.3, 0.4) is 0 Å². The van der Waals surface area contributed by atoms with Gasteiger partial charge >= 0.3 is 0 Å². The standard InChI is InChI=1S/C14H16N6O/c1-10(21)20-9-2-4-11(20)12-13(16-8-7-15-12)19-14-17-5-3-6-18-14/h3,5-8,11H,2,4,9H2,1H3,(H,16,17,18,19)/t11-/m0/s1. The molecule has 108 valence electrons. The Hall–Kier alpha value is -2.57. The monoisotopic (exact) mass is 284 g/mol. The van der Waals surface area contributed by atoms with E-state index in [-0.39, 0.29) is 11.9 Å². The maximum Gasteiger partial charge on any atom is 0.228 e. The van der Waals surface area contributed by atoms with Crippen molar-refractivity contribution in [2.45, 2.75) is 25.8 Å². The lowest BCUT2D eigenvalue weighted by molar-refractivity contribution is -0.129. The Bertz CT molecular complexity index is 632. The number of nitrogens with one attached hydrogen (secondary N) is 1. The number of hydrogen-bond donors (Lipinski definition) is 1. The summed E-state index contributed by atoms with van der Waals surface area (Å²) in [7, 11) is 0. The molecule has 0 aromatic carbocycles. The molecular weight excluding hydrogens is 268 g/mol. The third-order valence-corrected chi connectivity index (χ3v) is 3.50. The Balaban J connectivity index is 1.91. The van der Waals surface area contributed by atoms with E-state index in [1.54, 1.807) is 37.8 Å². The molecule has 1 saturated heterocycles. The number of anilines is 2. The van der Waals surface area contributed by atoms with Crippen molar-refractivity contribution >= 4 is 17.7 Å². The van der Waals surface area contributed by atoms with Gasteiger partial charge in [-0.15, -0.1) is 0 Å². The number of rotatable bonds is 3. The van der Waals surface area contributed by atoms with Crippen LogP contribution >= 0.6 is 0 Å². The second kappa shape index (κ2) is 5.82. The van der Waals surface area contributed by atoms with Crippen LogP contribution in [0.2, 0.25) is 0 Å². The van der Waals surface area contributed by atoms with Gasteiger partial charge in [0.25, 0.3) is 0 Å². The Morgan fingerprint density at radius 2 is 1.95 bits per heavy atom. The lowest BCUT2D eigenvalue weighted by atomic mass is 10.1. The zero-order valence-electron chi connectivity index (χ0n) is 11.7. The molecule has 7 heteroatoms. The first-order valence-corrected chi connectivity index (χ1v) is 6.88. The molecule has 2 aromatic heterocycles. The minimum atomic E-state index is -0.0394. The summed E-state index contributed by atoms with van der Waals surface area (Å²) >= 11 is 0. The molecule has 2 aromatic rings. The summed E-state index contributed by atoms with van der Waals surface area (Å²) in [6.07, 6.45) is 8.43. The number of amides is 1. The van der Waals surface area contributed by atoms with Gasteiger partial charge in [-0.1, -0.05) is 0 Å². The Labute approximate surface area is 122 Å². The van der Waals surface area contributed by atoms with E-state index in [2.05, 4.69) is 25.3 Å². The van der Waals surface area contributed by atoms with Gasteiger partial charge in [0.15, 0.2) is 5.82 Å². The molecule has 1 fully saturated rings. The molecule has 0 spiro atoms. The summed E-state index contributed by atoms with van der Waals surface area (Å²) < 4.78 is 0. The fourth-order valence-corrected chi connectivity index (χ4v) is 2.59. The Morgan fingerprint density at radius 1 is 1.19 bits per heavy atom. The molecule has 0 aliphatic carbocycles. The second-order valence-corrected chi connectivity index (χ2v) is 4.86. The van der Waals surface area contributed by atoms with Crippen LogP contribution in [0.25, 0.3) is 0 Å². The normalized spacial score (nSPS) is 17.8. The lowest BCUT2D eigenvalue weighted by Crippen LogP contribution is -2.29. The highest BCUT2D eigenvalue weighted by molar-refractivity contribution is 5.74. The number of aromatic nitrogens is 4. The van der Waals surface area contributed by atoms with Crippen LogP contribution in [-0.4, -0.2) is 37.3 Å². The predicted octanol–water partition coefficient (Wildman–Crippen LogP) is 1.69. The minimum Gasteiger partial charge on any atom is -0.334 e. The van der Waals surface area contributed by atoms with E-state index in [0.717, 1.165) is 25.1 Å². The van der Waals surface area contributed by atoms with Crippen LogP contribution < -0.4 is 5.32 Å². The van der Waals surface area contributed by atoms with Gasteiger partial charge in [-0.3, -0.25) is 9.78 Å². The van der Waals surface area contributed by atoms with Crippen LogP contribution in [-0.2, 0) is 4.79 Å². The van der Waals surface area contributed by atoms with E-state index in [1.807, 2.05) is 4.90 Å². The van der Waals surface area contributed by atoms with Gasteiger partial charge in [-0.05, 0) is 18.9 Å². The van der Waals surface area contributed by atoms with Crippen molar-refractivity contribution in [3.8, 4) is 0 Å². The van der Waals surface area contributed by atoms with Gasteiger partial charge in [-0.25, -0.2) is 15.0 Å². The topological polar surface area (TPSA) is 83.9 Å². The number of carbonyl (C=O) groups is 1. The van der Waals surface area contributed by atoms with Crippen molar-refractivity contribution in [1.82, 2.24) is 24.8 Å². The Morgan fingerprint density at radius 3 is 2.71 bits per heavy atom. The first kappa shape index (κ1) is 13.4. The molecule has 1 amide bonds. The molecule has 1 aliphatic rings. The largest absolute Gasteiger partial charge is 0.334 e. The smallest absolute Gasteiger partial charge is 0.228 e. The molecule has 7 nitrogen and oxygen atoms in total. The number of likely N-dealkylation sites (tertiary alicyclic amines) is 1. The minimum absolute atomic E-state index is 0.0394. The van der Waals surface area contributed by atoms with Crippen molar-refractivity contribution in [2.24, 2.45) is 0 Å². The predicted molar refractivity (Wildman–Crippen MR) is 76.7 cm³/mol. The third kappa shape index (κ3) is 2.81. The second-order valence-electron chi connectivity index (χ2n) is 4.86. The van der Waals surface area contributed by atoms with Crippen LogP contribution in [0, 0.1) is 0 Å². The molecule has 0 unspecified atom stereocenters. The van der Waals surface area contributed by atoms with E-state index in [0.29, 0.717) is 11.8 Å². The summed E-state index contributed by atoms with van der Waals surface area (Å²) in [5.41, 5.74) is 0.762. The zero-order chi connectivity index (χ0) is 14.7. The molecule has 0 saturated carbocycles. The van der Waals surface area contributed by atoms with Crippen molar-refractivity contribution < 1.29 is 4.79 Å². The van der Waals surface area contributed by atoms with Crippen LogP contribution in [0.15, 0.2) is 30.9 Å². The number of hydrogen-bond acceptors (Lipinski definition) is 6. The molecule has 3 heterocycles. The van der Waals surface area contributed by atoms with Crippen molar-refractivity contribution in [3.05, 3.63) is 36.5 Å². The van der Waals surface area contributed by atoms with E-state index >= 15 is 0 Å². The Kier molecular flexibility index (Phi) is 3.72. The maximum absolute atomic E-state index is 11.7. The highest BCUT2D eigenvalue weighted by atomic mass is 16.2. The maximum atomic E-state index is 11.7. The third-order valence-electron chi connectivity index (χ3n) is 3.50. The fourth-order valence-electron chi connectivity index (χ4n) is 2.59. The number of carbonyl (C=O) groups excluding carboxylic acids is 1. The summed E-state index contributed by atoms with van der Waals surface area (Å²) in [6, 6.07) is 1.71. The van der Waals surface area contributed by atoms with Gasteiger partial charge < -0.3 is 10.2 Å². The average molecular weight is 284 g/mol. The first-order valence-electron chi connectivity index (χ1n) is 6.88. The van der Waals surface area contributed by atoms with Crippen LogP contribution in [0.1, 0.15) is 31.5 Å². The molecule has 0 radical (unpaired) electrons. The van der Waals surface area contributed by atoms with Gasteiger partial charge in [0, 0.05) is 38.3 Å². The molecule has 21 heavy (non-hydrogen) atoms. The van der Waals surface area contributed by atoms with Crippen molar-refractivity contribution in [2.75, 3.05) is 11.9 Å². The molecule has 1 N–H and O–H groups in total. The average Bonchev–Trinajstić information content (AvgIpc) is 2.98. The van der Waals surface area contributed by atoms with E-state index in [1.165, 1.54) is 0 Å². The first-order chi connectivity index (χ1) is 10.3. The van der Waals surface area contributed by atoms with Crippen LogP contribution in [0.5, 0.6) is 0 Å². The van der Waals surface area contributed by atoms with Crippen molar-refractivity contribution in [3.63, 3.8) is 0 Å². The zero-order valence-corrected chi connectivity index (χ0v) is 11.7. The highest BCUT2D eigenvalue weighted by Gasteiger charge is 2.31. The molecule has 1 aliphatic heterocycles. The summed E-state index contributed by atoms with van der Waals surface area (Å²) in [5, 5.41) is 3.08. The molecule has 0 bridgehead atoms. The number of nitrogens with zero attached hydrogens (tertiary/aromatic N) is 5. The van der Waals surface area contributed by atoms with Crippen LogP contribution in [0.4, 0.5) is 11.8 Å². The fraction of sp³-hybridized carbons (Fsp3) is 0.357. The van der Waals surface area contributed by atoms with E-state index in [9.17, 15) is 4.79 Å². The summed E-state index contributed by atoms with van der Waals surface area (Å²) in [4.78, 5) is 30.6. The van der Waals surface area contributed by atoms with E-state index in [4.69, 9.17) is 0 Å². The van der Waals surface area contributed by atoms with Gasteiger partial charge in [-0.2, -0.15) is 0 Å². The molecular formula is C14H16N6O. The highest BCUT2D eigenvalue weighted by Crippen LogP contribution is 2.34. The van der Waals surface area contributed by atoms with Crippen molar-refractivity contribution in [1.29, 1.82) is 0 Å². The summed E-state index contributed by atoms with van der Waals surface area (Å²) in [5.74, 6) is 1.12. The lowest BCUT2D eigenvalue weighted by Gasteiger charge is -2.24. The molecule has 1 atom stereocenters. The summed E-state index contributed by atoms with van der Waals surface area (Å²) in [6.45, 7) is 2.35. The SMILES string of the molecule is CC(=O)N1CCC[C@H]1c1nccnc1Nc1ncccn1. The quantitative estimate of drug-likeness (QED) is 0.923. The van der Waals surface area contributed by atoms with Gasteiger partial charge in [0.05, 0.1) is 6.04 Å². The van der Waals surface area contributed by atoms with Gasteiger partial charge in [0.1, 0.15) is 5.69 Å². The van der Waals surface area contributed by atoms with E-state index < -0.39 is 0 Å².